The van der Waals surface area contributed by atoms with Gasteiger partial charge in [-0.15, -0.1) is 5.10 Å². The van der Waals surface area contributed by atoms with Crippen LogP contribution in [-0.2, 0) is 11.3 Å². The van der Waals surface area contributed by atoms with Crippen LogP contribution in [0, 0.1) is 0 Å². The van der Waals surface area contributed by atoms with E-state index in [4.69, 9.17) is 10.8 Å². The average Bonchev–Trinajstić information content (AvgIpc) is 2.82. The Hall–Kier alpha value is -1.96. The Morgan fingerprint density at radius 2 is 2.00 bits per heavy atom. The maximum absolute atomic E-state index is 12.2. The number of aromatic nitrogens is 3. The molecule has 0 bridgehead atoms. The fourth-order valence-corrected chi connectivity index (χ4v) is 1.88. The third-order valence-corrected chi connectivity index (χ3v) is 2.99. The predicted molar refractivity (Wildman–Crippen MR) is 67.5 cm³/mol. The zero-order valence-electron chi connectivity index (χ0n) is 11.3. The first-order chi connectivity index (χ1) is 8.97. The summed E-state index contributed by atoms with van der Waals surface area (Å²) in [6.07, 6.45) is 0. The number of nitrogens with two attached hydrogens (primary N) is 1. The van der Waals surface area contributed by atoms with Crippen molar-refractivity contribution >= 4 is 11.9 Å². The molecule has 0 aliphatic rings. The van der Waals surface area contributed by atoms with Crippen molar-refractivity contribution in [3.63, 3.8) is 0 Å². The van der Waals surface area contributed by atoms with Crippen molar-refractivity contribution in [3.05, 3.63) is 11.4 Å². The van der Waals surface area contributed by atoms with E-state index in [0.717, 1.165) is 0 Å². The lowest BCUT2D eigenvalue weighted by Gasteiger charge is -2.23. The van der Waals surface area contributed by atoms with Crippen molar-refractivity contribution in [1.82, 2.24) is 19.9 Å². The van der Waals surface area contributed by atoms with Gasteiger partial charge in [-0.2, -0.15) is 0 Å². The van der Waals surface area contributed by atoms with Crippen LogP contribution in [0.25, 0.3) is 0 Å². The van der Waals surface area contributed by atoms with Gasteiger partial charge in [0.2, 0.25) is 5.91 Å². The van der Waals surface area contributed by atoms with E-state index in [0.29, 0.717) is 13.1 Å². The van der Waals surface area contributed by atoms with Crippen LogP contribution in [-0.4, -0.2) is 50.0 Å². The molecular formula is C11H19N5O3. The first-order valence-corrected chi connectivity index (χ1v) is 6.14. The minimum atomic E-state index is -1.20. The lowest BCUT2D eigenvalue weighted by molar-refractivity contribution is -0.134. The quantitative estimate of drug-likeness (QED) is 0.743. The molecule has 106 valence electrons. The van der Waals surface area contributed by atoms with Crippen molar-refractivity contribution in [3.8, 4) is 0 Å². The van der Waals surface area contributed by atoms with Gasteiger partial charge in [0.05, 0.1) is 5.69 Å². The molecule has 0 aliphatic heterocycles. The molecule has 1 heterocycles. The summed E-state index contributed by atoms with van der Waals surface area (Å²) in [5.41, 5.74) is 5.57. The van der Waals surface area contributed by atoms with E-state index < -0.39 is 12.0 Å². The second-order valence-corrected chi connectivity index (χ2v) is 4.03. The number of hydrogen-bond donors (Lipinski definition) is 2. The number of carbonyl (C=O) groups is 2. The number of carboxylic acids is 1. The van der Waals surface area contributed by atoms with E-state index in [9.17, 15) is 9.59 Å². The van der Waals surface area contributed by atoms with Gasteiger partial charge in [0.1, 0.15) is 6.04 Å². The zero-order chi connectivity index (χ0) is 14.6. The fraction of sp³-hybridized carbons (Fsp3) is 0.636. The Morgan fingerprint density at radius 3 is 2.42 bits per heavy atom. The minimum Gasteiger partial charge on any atom is -0.476 e. The lowest BCUT2D eigenvalue weighted by Crippen LogP contribution is -2.37. The standard InChI is InChI=1S/C11H19N5O3/c1-4-15(5-2)10(17)7(3)16-8(6-12)9(11(18)19)13-14-16/h7H,4-6,12H2,1-3H3,(H,18,19). The highest BCUT2D eigenvalue weighted by molar-refractivity contribution is 5.87. The number of hydrogen-bond acceptors (Lipinski definition) is 5. The third-order valence-electron chi connectivity index (χ3n) is 2.99. The summed E-state index contributed by atoms with van der Waals surface area (Å²) in [6.45, 7) is 6.53. The number of carbonyl (C=O) groups excluding carboxylic acids is 1. The van der Waals surface area contributed by atoms with E-state index in [2.05, 4.69) is 10.3 Å². The number of amides is 1. The molecular weight excluding hydrogens is 250 g/mol. The summed E-state index contributed by atoms with van der Waals surface area (Å²) >= 11 is 0. The summed E-state index contributed by atoms with van der Waals surface area (Å²) < 4.78 is 1.28. The average molecular weight is 269 g/mol. The van der Waals surface area contributed by atoms with E-state index in [1.807, 2.05) is 13.8 Å². The van der Waals surface area contributed by atoms with Crippen LogP contribution in [0.4, 0.5) is 0 Å². The van der Waals surface area contributed by atoms with E-state index in [1.165, 1.54) is 4.68 Å². The van der Waals surface area contributed by atoms with Crippen LogP contribution in [0.3, 0.4) is 0 Å². The highest BCUT2D eigenvalue weighted by Crippen LogP contribution is 2.14. The van der Waals surface area contributed by atoms with Crippen molar-refractivity contribution in [1.29, 1.82) is 0 Å². The summed E-state index contributed by atoms with van der Waals surface area (Å²) in [5.74, 6) is -1.34. The van der Waals surface area contributed by atoms with Gasteiger partial charge in [-0.1, -0.05) is 5.21 Å². The maximum Gasteiger partial charge on any atom is 0.358 e. The Balaban J connectivity index is 3.09. The number of aromatic carboxylic acids is 1. The normalized spacial score (nSPS) is 12.2. The van der Waals surface area contributed by atoms with Crippen LogP contribution in [0.1, 0.15) is 43.0 Å². The molecule has 0 aromatic carbocycles. The second kappa shape index (κ2) is 6.28. The smallest absolute Gasteiger partial charge is 0.358 e. The third kappa shape index (κ3) is 2.90. The van der Waals surface area contributed by atoms with Gasteiger partial charge in [-0.25, -0.2) is 9.48 Å². The number of rotatable bonds is 6. The van der Waals surface area contributed by atoms with Gasteiger partial charge in [-0.05, 0) is 20.8 Å². The monoisotopic (exact) mass is 269 g/mol. The highest BCUT2D eigenvalue weighted by Gasteiger charge is 2.26. The molecule has 1 aromatic rings. The lowest BCUT2D eigenvalue weighted by atomic mass is 10.2. The number of carboxylic acid groups (broad SMARTS) is 1. The number of likely N-dealkylation sites (N-methyl/N-ethyl adjacent to an activating group) is 1. The molecule has 8 heteroatoms. The first kappa shape index (κ1) is 15.1. The summed E-state index contributed by atoms with van der Waals surface area (Å²) in [7, 11) is 0. The van der Waals surface area contributed by atoms with Gasteiger partial charge in [0.25, 0.3) is 0 Å². The van der Waals surface area contributed by atoms with Crippen LogP contribution < -0.4 is 5.73 Å². The predicted octanol–water partition coefficient (Wildman–Crippen LogP) is -0.136. The molecule has 1 aromatic heterocycles. The topological polar surface area (TPSA) is 114 Å². The Morgan fingerprint density at radius 1 is 1.42 bits per heavy atom. The molecule has 1 atom stereocenters. The van der Waals surface area contributed by atoms with Gasteiger partial charge in [-0.3, -0.25) is 4.79 Å². The molecule has 0 saturated carbocycles. The van der Waals surface area contributed by atoms with Crippen LogP contribution in [0.5, 0.6) is 0 Å². The maximum atomic E-state index is 12.2. The molecule has 0 saturated heterocycles. The molecule has 3 N–H and O–H groups in total. The van der Waals surface area contributed by atoms with Gasteiger partial charge >= 0.3 is 5.97 Å². The second-order valence-electron chi connectivity index (χ2n) is 4.03. The Kier molecular flexibility index (Phi) is 4.99. The Bertz CT molecular complexity index is 467. The summed E-state index contributed by atoms with van der Waals surface area (Å²) in [4.78, 5) is 24.8. The van der Waals surface area contributed by atoms with Crippen LogP contribution in [0.2, 0.25) is 0 Å². The van der Waals surface area contributed by atoms with Gasteiger partial charge in [0.15, 0.2) is 5.69 Å². The molecule has 8 nitrogen and oxygen atoms in total. The fourth-order valence-electron chi connectivity index (χ4n) is 1.88. The van der Waals surface area contributed by atoms with Crippen LogP contribution in [0.15, 0.2) is 0 Å². The van der Waals surface area contributed by atoms with Gasteiger partial charge in [0, 0.05) is 19.6 Å². The number of nitrogens with zero attached hydrogens (tertiary/aromatic N) is 4. The minimum absolute atomic E-state index is 0.0372. The summed E-state index contributed by atoms with van der Waals surface area (Å²) in [5, 5.41) is 16.3. The molecule has 0 spiro atoms. The zero-order valence-corrected chi connectivity index (χ0v) is 11.3. The molecule has 0 radical (unpaired) electrons. The molecule has 1 amide bonds. The molecule has 19 heavy (non-hydrogen) atoms. The summed E-state index contributed by atoms with van der Waals surface area (Å²) in [6, 6.07) is -0.626. The van der Waals surface area contributed by atoms with Crippen molar-refractivity contribution < 1.29 is 14.7 Å². The first-order valence-electron chi connectivity index (χ1n) is 6.14. The highest BCUT2D eigenvalue weighted by atomic mass is 16.4. The molecule has 0 fully saturated rings. The molecule has 1 unspecified atom stereocenters. The van der Waals surface area contributed by atoms with Crippen molar-refractivity contribution in [2.75, 3.05) is 13.1 Å². The van der Waals surface area contributed by atoms with E-state index in [-0.39, 0.29) is 23.8 Å². The van der Waals surface area contributed by atoms with Crippen molar-refractivity contribution in [2.24, 2.45) is 5.73 Å². The van der Waals surface area contributed by atoms with Crippen LogP contribution >= 0.6 is 0 Å². The van der Waals surface area contributed by atoms with E-state index >= 15 is 0 Å². The largest absolute Gasteiger partial charge is 0.476 e. The van der Waals surface area contributed by atoms with E-state index in [1.54, 1.807) is 11.8 Å². The molecule has 0 aliphatic carbocycles. The van der Waals surface area contributed by atoms with Crippen molar-refractivity contribution in [2.45, 2.75) is 33.4 Å². The SMILES string of the molecule is CCN(CC)C(=O)C(C)n1nnc(C(=O)O)c1CN. The Labute approximate surface area is 111 Å². The van der Waals surface area contributed by atoms with Gasteiger partial charge < -0.3 is 15.7 Å². The molecule has 1 rings (SSSR count).